The average molecular weight is 371 g/mol. The van der Waals surface area contributed by atoms with Gasteiger partial charge in [0.05, 0.1) is 11.3 Å². The van der Waals surface area contributed by atoms with Gasteiger partial charge in [-0.05, 0) is 49.3 Å². The minimum absolute atomic E-state index is 0.158. The molecule has 3 heterocycles. The van der Waals surface area contributed by atoms with E-state index in [1.807, 2.05) is 4.57 Å². The summed E-state index contributed by atoms with van der Waals surface area (Å²) in [5.74, 6) is 0.942. The van der Waals surface area contributed by atoms with Gasteiger partial charge in [0, 0.05) is 29.8 Å². The van der Waals surface area contributed by atoms with Crippen molar-refractivity contribution >= 4 is 16.8 Å². The van der Waals surface area contributed by atoms with Crippen LogP contribution in [-0.4, -0.2) is 10.4 Å². The molecular weight excluding hydrogens is 350 g/mol. The van der Waals surface area contributed by atoms with Gasteiger partial charge in [-0.1, -0.05) is 30.9 Å². The fourth-order valence-corrected chi connectivity index (χ4v) is 4.45. The van der Waals surface area contributed by atoms with E-state index >= 15 is 0 Å². The van der Waals surface area contributed by atoms with Crippen LogP contribution >= 0.6 is 0 Å². The Morgan fingerprint density at radius 1 is 1.25 bits per heavy atom. The Morgan fingerprint density at radius 2 is 2.14 bits per heavy atom. The highest BCUT2D eigenvalue weighted by Gasteiger charge is 2.25. The number of rotatable bonds is 3. The van der Waals surface area contributed by atoms with Crippen molar-refractivity contribution in [2.75, 3.05) is 0 Å². The van der Waals surface area contributed by atoms with Crippen LogP contribution in [-0.2, 0) is 13.0 Å². The Bertz CT molecular complexity index is 1210. The van der Waals surface area contributed by atoms with Gasteiger partial charge in [0.1, 0.15) is 5.58 Å². The molecule has 5 rings (SSSR count). The smallest absolute Gasteiger partial charge is 0.193 e. The molecule has 0 fully saturated rings. The number of carbonyl (C=O) groups is 1. The summed E-state index contributed by atoms with van der Waals surface area (Å²) in [4.78, 5) is 24.4. The number of hydrogen-bond acceptors (Lipinski definition) is 3. The van der Waals surface area contributed by atoms with Gasteiger partial charge in [-0.3, -0.25) is 9.59 Å². The van der Waals surface area contributed by atoms with Crippen LogP contribution in [0.4, 0.5) is 0 Å². The highest BCUT2D eigenvalue weighted by atomic mass is 16.3. The predicted octanol–water partition coefficient (Wildman–Crippen LogP) is 5.01. The number of hydrogen-bond donors (Lipinski definition) is 0. The van der Waals surface area contributed by atoms with E-state index in [9.17, 15) is 9.59 Å². The van der Waals surface area contributed by atoms with Gasteiger partial charge in [-0.2, -0.15) is 0 Å². The molecular formula is C24H21NO3. The molecule has 0 saturated carbocycles. The van der Waals surface area contributed by atoms with Crippen LogP contribution in [0.25, 0.3) is 22.4 Å². The van der Waals surface area contributed by atoms with E-state index in [0.29, 0.717) is 12.5 Å². The lowest BCUT2D eigenvalue weighted by atomic mass is 9.87. The average Bonchev–Trinajstić information content (AvgIpc) is 3.11. The number of nitrogens with zero attached hydrogens (tertiary/aromatic N) is 1. The molecule has 3 aromatic rings. The molecule has 28 heavy (non-hydrogen) atoms. The Labute approximate surface area is 162 Å². The first kappa shape index (κ1) is 17.0. The van der Waals surface area contributed by atoms with Crippen molar-refractivity contribution < 1.29 is 9.21 Å². The minimum Gasteiger partial charge on any atom is -0.454 e. The number of ketones is 1. The first-order valence-corrected chi connectivity index (χ1v) is 9.77. The molecule has 0 saturated heterocycles. The van der Waals surface area contributed by atoms with Crippen molar-refractivity contribution in [3.05, 3.63) is 82.2 Å². The number of aromatic nitrogens is 1. The third-order valence-corrected chi connectivity index (χ3v) is 5.97. The highest BCUT2D eigenvalue weighted by Crippen LogP contribution is 2.39. The van der Waals surface area contributed by atoms with E-state index in [0.717, 1.165) is 47.2 Å². The summed E-state index contributed by atoms with van der Waals surface area (Å²) in [6, 6.07) is 8.06. The van der Waals surface area contributed by atoms with Gasteiger partial charge < -0.3 is 8.98 Å². The van der Waals surface area contributed by atoms with Crippen LogP contribution in [0.1, 0.15) is 46.7 Å². The van der Waals surface area contributed by atoms with Crippen LogP contribution in [0.15, 0.2) is 64.5 Å². The van der Waals surface area contributed by atoms with E-state index in [-0.39, 0.29) is 16.8 Å². The molecule has 2 aromatic heterocycles. The minimum atomic E-state index is -0.345. The Balaban J connectivity index is 1.63. The number of aryl methyl sites for hydroxylation is 2. The largest absolute Gasteiger partial charge is 0.454 e. The third kappa shape index (κ3) is 2.60. The summed E-state index contributed by atoms with van der Waals surface area (Å²) in [6.07, 6.45) is 11.5. The number of allylic oxidation sites excluding steroid dienone is 3. The lowest BCUT2D eigenvalue weighted by Crippen LogP contribution is -2.20. The van der Waals surface area contributed by atoms with E-state index in [2.05, 4.69) is 36.9 Å². The van der Waals surface area contributed by atoms with E-state index in [1.165, 1.54) is 24.1 Å². The molecule has 1 aliphatic carbocycles. The zero-order chi connectivity index (χ0) is 19.3. The lowest BCUT2D eigenvalue weighted by molar-refractivity contribution is 0.104. The third-order valence-electron chi connectivity index (χ3n) is 5.97. The summed E-state index contributed by atoms with van der Waals surface area (Å²) in [7, 11) is 0. The maximum Gasteiger partial charge on any atom is 0.193 e. The van der Waals surface area contributed by atoms with Gasteiger partial charge in [-0.25, -0.2) is 0 Å². The molecule has 140 valence electrons. The fraction of sp³-hybridized carbons (Fsp3) is 0.250. The van der Waals surface area contributed by atoms with Crippen LogP contribution in [0, 0.1) is 0 Å². The first-order chi connectivity index (χ1) is 13.7. The zero-order valence-corrected chi connectivity index (χ0v) is 15.6. The number of fused-ring (bicyclic) bond motifs is 5. The zero-order valence-electron chi connectivity index (χ0n) is 15.6. The van der Waals surface area contributed by atoms with Crippen molar-refractivity contribution in [2.24, 2.45) is 0 Å². The molecule has 4 heteroatoms. The van der Waals surface area contributed by atoms with Gasteiger partial charge in [0.2, 0.25) is 0 Å². The van der Waals surface area contributed by atoms with Crippen molar-refractivity contribution in [2.45, 2.75) is 38.1 Å². The fourth-order valence-electron chi connectivity index (χ4n) is 4.45. The van der Waals surface area contributed by atoms with Crippen molar-refractivity contribution in [3.63, 3.8) is 0 Å². The summed E-state index contributed by atoms with van der Waals surface area (Å²) in [5.41, 5.74) is 3.94. The molecule has 1 atom stereocenters. The molecule has 0 amide bonds. The van der Waals surface area contributed by atoms with Gasteiger partial charge in [-0.15, -0.1) is 0 Å². The molecule has 1 aromatic carbocycles. The SMILES string of the molecule is C=CC(=O)c1cn2c(cc1=O)-c1oc3cc(C4CC=CCC4)ccc3c1CC2. The number of furan rings is 1. The summed E-state index contributed by atoms with van der Waals surface area (Å²) in [6.45, 7) is 4.19. The second-order valence-electron chi connectivity index (χ2n) is 7.60. The first-order valence-electron chi connectivity index (χ1n) is 9.77. The number of carbonyl (C=O) groups excluding carboxylic acids is 1. The number of pyridine rings is 1. The van der Waals surface area contributed by atoms with Gasteiger partial charge >= 0.3 is 0 Å². The predicted molar refractivity (Wildman–Crippen MR) is 110 cm³/mol. The maximum absolute atomic E-state index is 12.4. The summed E-state index contributed by atoms with van der Waals surface area (Å²) in [5, 5.41) is 1.12. The van der Waals surface area contributed by atoms with Crippen LogP contribution in [0.3, 0.4) is 0 Å². The van der Waals surface area contributed by atoms with Crippen LogP contribution < -0.4 is 5.43 Å². The second kappa shape index (κ2) is 6.48. The molecule has 1 aliphatic heterocycles. The van der Waals surface area contributed by atoms with Gasteiger partial charge in [0.25, 0.3) is 0 Å². The van der Waals surface area contributed by atoms with Crippen molar-refractivity contribution in [1.82, 2.24) is 4.57 Å². The van der Waals surface area contributed by atoms with E-state index < -0.39 is 0 Å². The Hall–Kier alpha value is -3.14. The Morgan fingerprint density at radius 3 is 2.93 bits per heavy atom. The lowest BCUT2D eigenvalue weighted by Gasteiger charge is -2.19. The molecule has 2 aliphatic rings. The standard InChI is InChI=1S/C24H21NO3/c1-2-21(26)19-14-25-11-10-18-17-9-8-16(15-6-4-3-5-7-15)12-23(17)28-24(18)20(25)13-22(19)27/h2-4,8-9,12-15H,1,5-7,10-11H2. The molecule has 0 spiro atoms. The second-order valence-corrected chi connectivity index (χ2v) is 7.60. The quantitative estimate of drug-likeness (QED) is 0.369. The van der Waals surface area contributed by atoms with Crippen LogP contribution in [0.5, 0.6) is 0 Å². The number of benzene rings is 1. The molecule has 0 N–H and O–H groups in total. The molecule has 0 radical (unpaired) electrons. The van der Waals surface area contributed by atoms with Gasteiger partial charge in [0.15, 0.2) is 17.0 Å². The monoisotopic (exact) mass is 371 g/mol. The summed E-state index contributed by atoms with van der Waals surface area (Å²) < 4.78 is 8.19. The van der Waals surface area contributed by atoms with Crippen LogP contribution in [0.2, 0.25) is 0 Å². The van der Waals surface area contributed by atoms with E-state index in [4.69, 9.17) is 4.42 Å². The van der Waals surface area contributed by atoms with Crippen molar-refractivity contribution in [1.29, 1.82) is 0 Å². The normalized spacial score (nSPS) is 17.9. The molecule has 0 bridgehead atoms. The van der Waals surface area contributed by atoms with Crippen molar-refractivity contribution in [3.8, 4) is 11.5 Å². The topological polar surface area (TPSA) is 52.2 Å². The maximum atomic E-state index is 12.4. The summed E-state index contributed by atoms with van der Waals surface area (Å²) >= 11 is 0. The molecule has 1 unspecified atom stereocenters. The van der Waals surface area contributed by atoms with E-state index in [1.54, 1.807) is 6.20 Å². The Kier molecular flexibility index (Phi) is 3.93. The molecule has 4 nitrogen and oxygen atoms in total. The highest BCUT2D eigenvalue weighted by molar-refractivity contribution is 6.04.